The Morgan fingerprint density at radius 2 is 2.00 bits per heavy atom. The lowest BCUT2D eigenvalue weighted by Crippen LogP contribution is -2.34. The first-order valence-corrected chi connectivity index (χ1v) is 7.11. The van der Waals surface area contributed by atoms with Gasteiger partial charge in [-0.2, -0.15) is 0 Å². The standard InChI is InChI=1S/C14H21NO2S/c1-11(8-9-16)10-15-14(17)12(2)18-13-6-4-3-5-7-13/h3-7,11-12,16H,8-10H2,1-2H3,(H,15,17). The zero-order valence-corrected chi connectivity index (χ0v) is 11.7. The predicted octanol–water partition coefficient (Wildman–Crippen LogP) is 2.30. The van der Waals surface area contributed by atoms with Crippen LogP contribution in [0.3, 0.4) is 0 Å². The molecule has 0 saturated carbocycles. The van der Waals surface area contributed by atoms with Crippen molar-refractivity contribution in [3.05, 3.63) is 30.3 Å². The van der Waals surface area contributed by atoms with Gasteiger partial charge in [0.15, 0.2) is 0 Å². The van der Waals surface area contributed by atoms with E-state index in [4.69, 9.17) is 5.11 Å². The Morgan fingerprint density at radius 3 is 2.61 bits per heavy atom. The van der Waals surface area contributed by atoms with Gasteiger partial charge in [-0.3, -0.25) is 4.79 Å². The van der Waals surface area contributed by atoms with Gasteiger partial charge >= 0.3 is 0 Å². The Morgan fingerprint density at radius 1 is 1.33 bits per heavy atom. The van der Waals surface area contributed by atoms with Crippen molar-refractivity contribution < 1.29 is 9.90 Å². The Kier molecular flexibility index (Phi) is 6.83. The molecule has 0 heterocycles. The normalized spacial score (nSPS) is 13.9. The number of hydrogen-bond donors (Lipinski definition) is 2. The van der Waals surface area contributed by atoms with Gasteiger partial charge in [0.2, 0.25) is 5.91 Å². The Bertz CT molecular complexity index is 356. The molecule has 2 atom stereocenters. The molecule has 3 nitrogen and oxygen atoms in total. The first-order valence-electron chi connectivity index (χ1n) is 6.23. The summed E-state index contributed by atoms with van der Waals surface area (Å²) in [5.74, 6) is 0.363. The van der Waals surface area contributed by atoms with E-state index in [9.17, 15) is 4.79 Å². The van der Waals surface area contributed by atoms with E-state index < -0.39 is 0 Å². The van der Waals surface area contributed by atoms with Gasteiger partial charge < -0.3 is 10.4 Å². The van der Waals surface area contributed by atoms with Crippen molar-refractivity contribution in [3.63, 3.8) is 0 Å². The number of carbonyl (C=O) groups is 1. The van der Waals surface area contributed by atoms with E-state index in [2.05, 4.69) is 5.32 Å². The average Bonchev–Trinajstić information content (AvgIpc) is 2.37. The number of hydrogen-bond acceptors (Lipinski definition) is 3. The minimum absolute atomic E-state index is 0.0497. The number of thioether (sulfide) groups is 1. The minimum Gasteiger partial charge on any atom is -0.396 e. The highest BCUT2D eigenvalue weighted by Crippen LogP contribution is 2.22. The molecule has 0 radical (unpaired) electrons. The van der Waals surface area contributed by atoms with E-state index in [1.54, 1.807) is 11.8 Å². The predicted molar refractivity (Wildman–Crippen MR) is 75.6 cm³/mol. The third-order valence-corrected chi connectivity index (χ3v) is 3.78. The highest BCUT2D eigenvalue weighted by molar-refractivity contribution is 8.00. The third kappa shape index (κ3) is 5.56. The molecule has 0 fully saturated rings. The van der Waals surface area contributed by atoms with Crippen LogP contribution in [0.2, 0.25) is 0 Å². The van der Waals surface area contributed by atoms with Crippen molar-refractivity contribution >= 4 is 17.7 Å². The summed E-state index contributed by atoms with van der Waals surface area (Å²) >= 11 is 1.56. The van der Waals surface area contributed by atoms with E-state index in [-0.39, 0.29) is 17.8 Å². The molecule has 2 unspecified atom stereocenters. The molecule has 1 amide bonds. The van der Waals surface area contributed by atoms with Gasteiger partial charge in [-0.15, -0.1) is 11.8 Å². The van der Waals surface area contributed by atoms with Gasteiger partial charge in [0, 0.05) is 18.0 Å². The summed E-state index contributed by atoms with van der Waals surface area (Å²) in [5, 5.41) is 11.6. The summed E-state index contributed by atoms with van der Waals surface area (Å²) < 4.78 is 0. The van der Waals surface area contributed by atoms with E-state index in [1.807, 2.05) is 44.2 Å². The molecule has 1 rings (SSSR count). The van der Waals surface area contributed by atoms with Crippen LogP contribution in [0.4, 0.5) is 0 Å². The highest BCUT2D eigenvalue weighted by atomic mass is 32.2. The molecule has 4 heteroatoms. The van der Waals surface area contributed by atoms with Crippen LogP contribution in [0.1, 0.15) is 20.3 Å². The SMILES string of the molecule is CC(CCO)CNC(=O)C(C)Sc1ccccc1. The molecular formula is C14H21NO2S. The van der Waals surface area contributed by atoms with Gasteiger partial charge in [-0.1, -0.05) is 25.1 Å². The number of aliphatic hydroxyl groups excluding tert-OH is 1. The number of rotatable bonds is 7. The maximum atomic E-state index is 11.9. The number of carbonyl (C=O) groups excluding carboxylic acids is 1. The highest BCUT2D eigenvalue weighted by Gasteiger charge is 2.14. The second-order valence-corrected chi connectivity index (χ2v) is 5.85. The summed E-state index contributed by atoms with van der Waals surface area (Å²) in [6.07, 6.45) is 0.723. The summed E-state index contributed by atoms with van der Waals surface area (Å²) in [4.78, 5) is 13.0. The molecule has 0 saturated heterocycles. The topological polar surface area (TPSA) is 49.3 Å². The molecule has 0 bridgehead atoms. The molecule has 1 aromatic carbocycles. The lowest BCUT2D eigenvalue weighted by Gasteiger charge is -2.15. The molecule has 18 heavy (non-hydrogen) atoms. The summed E-state index contributed by atoms with van der Waals surface area (Å²) in [5.41, 5.74) is 0. The first kappa shape index (κ1) is 15.1. The lowest BCUT2D eigenvalue weighted by atomic mass is 10.1. The van der Waals surface area contributed by atoms with Crippen LogP contribution >= 0.6 is 11.8 Å². The molecule has 0 spiro atoms. The monoisotopic (exact) mass is 267 g/mol. The van der Waals surface area contributed by atoms with Gasteiger partial charge in [-0.05, 0) is 31.4 Å². The molecular weight excluding hydrogens is 246 g/mol. The lowest BCUT2D eigenvalue weighted by molar-refractivity contribution is -0.120. The zero-order valence-electron chi connectivity index (χ0n) is 10.9. The van der Waals surface area contributed by atoms with E-state index >= 15 is 0 Å². The smallest absolute Gasteiger partial charge is 0.233 e. The number of benzene rings is 1. The summed E-state index contributed by atoms with van der Waals surface area (Å²) in [7, 11) is 0. The molecule has 0 aliphatic rings. The fourth-order valence-corrected chi connectivity index (χ4v) is 2.41. The minimum atomic E-state index is -0.103. The summed E-state index contributed by atoms with van der Waals surface area (Å²) in [6.45, 7) is 4.72. The van der Waals surface area contributed by atoms with Crippen molar-refractivity contribution in [1.29, 1.82) is 0 Å². The molecule has 0 aliphatic heterocycles. The number of nitrogens with one attached hydrogen (secondary N) is 1. The van der Waals surface area contributed by atoms with Gasteiger partial charge in [0.25, 0.3) is 0 Å². The van der Waals surface area contributed by atoms with Crippen molar-refractivity contribution in [1.82, 2.24) is 5.32 Å². The Hall–Kier alpha value is -1.00. The largest absolute Gasteiger partial charge is 0.396 e. The van der Waals surface area contributed by atoms with Gasteiger partial charge in [-0.25, -0.2) is 0 Å². The van der Waals surface area contributed by atoms with Crippen LogP contribution in [0.15, 0.2) is 35.2 Å². The molecule has 1 aromatic rings. The quantitative estimate of drug-likeness (QED) is 0.745. The summed E-state index contributed by atoms with van der Waals surface area (Å²) in [6, 6.07) is 9.91. The Labute approximate surface area is 113 Å². The molecule has 0 aliphatic carbocycles. The molecule has 2 N–H and O–H groups in total. The maximum absolute atomic E-state index is 11.9. The maximum Gasteiger partial charge on any atom is 0.233 e. The van der Waals surface area contributed by atoms with E-state index in [0.717, 1.165) is 11.3 Å². The Balaban J connectivity index is 2.33. The first-order chi connectivity index (χ1) is 8.63. The van der Waals surface area contributed by atoms with Crippen molar-refractivity contribution in [3.8, 4) is 0 Å². The van der Waals surface area contributed by atoms with E-state index in [0.29, 0.717) is 12.5 Å². The molecule has 0 aromatic heterocycles. The van der Waals surface area contributed by atoms with Gasteiger partial charge in [0.05, 0.1) is 5.25 Å². The molecule has 100 valence electrons. The van der Waals surface area contributed by atoms with Crippen LogP contribution < -0.4 is 5.32 Å². The fourth-order valence-electron chi connectivity index (χ4n) is 1.50. The van der Waals surface area contributed by atoms with Crippen molar-refractivity contribution in [2.24, 2.45) is 5.92 Å². The number of amides is 1. The van der Waals surface area contributed by atoms with Crippen molar-refractivity contribution in [2.75, 3.05) is 13.2 Å². The van der Waals surface area contributed by atoms with E-state index in [1.165, 1.54) is 0 Å². The third-order valence-electron chi connectivity index (χ3n) is 2.67. The zero-order chi connectivity index (χ0) is 13.4. The number of aliphatic hydroxyl groups is 1. The van der Waals surface area contributed by atoms with Crippen molar-refractivity contribution in [2.45, 2.75) is 30.4 Å². The van der Waals surface area contributed by atoms with Crippen LogP contribution in [0.25, 0.3) is 0 Å². The van der Waals surface area contributed by atoms with Gasteiger partial charge in [0.1, 0.15) is 0 Å². The van der Waals surface area contributed by atoms with Crippen LogP contribution in [0, 0.1) is 5.92 Å². The average molecular weight is 267 g/mol. The fraction of sp³-hybridized carbons (Fsp3) is 0.500. The van der Waals surface area contributed by atoms with Crippen LogP contribution in [0.5, 0.6) is 0 Å². The van der Waals surface area contributed by atoms with Crippen LogP contribution in [-0.2, 0) is 4.79 Å². The van der Waals surface area contributed by atoms with Crippen LogP contribution in [-0.4, -0.2) is 29.4 Å². The second kappa shape index (κ2) is 8.16. The second-order valence-electron chi connectivity index (χ2n) is 4.44.